The van der Waals surface area contributed by atoms with Gasteiger partial charge in [0.25, 0.3) is 5.91 Å². The Morgan fingerprint density at radius 1 is 1.17 bits per heavy atom. The lowest BCUT2D eigenvalue weighted by Gasteiger charge is -2.24. The van der Waals surface area contributed by atoms with Gasteiger partial charge < -0.3 is 25.2 Å². The van der Waals surface area contributed by atoms with E-state index >= 15 is 0 Å². The van der Waals surface area contributed by atoms with Crippen LogP contribution in [0.25, 0.3) is 0 Å². The zero-order valence-corrected chi connectivity index (χ0v) is 14.1. The second-order valence-electron chi connectivity index (χ2n) is 5.29. The third kappa shape index (κ3) is 4.61. The molecular formula is C16H22N2O6. The van der Waals surface area contributed by atoms with Crippen LogP contribution < -0.4 is 20.1 Å². The van der Waals surface area contributed by atoms with Gasteiger partial charge in [0.15, 0.2) is 11.5 Å². The molecule has 8 nitrogen and oxygen atoms in total. The van der Waals surface area contributed by atoms with Gasteiger partial charge in [-0.1, -0.05) is 6.92 Å². The van der Waals surface area contributed by atoms with Crippen LogP contribution in [0.5, 0.6) is 11.5 Å². The zero-order chi connectivity index (χ0) is 18.3. The number of rotatable bonds is 8. The Labute approximate surface area is 140 Å². The number of amides is 2. The van der Waals surface area contributed by atoms with Crippen molar-refractivity contribution in [2.75, 3.05) is 20.8 Å². The minimum atomic E-state index is -1.37. The molecular weight excluding hydrogens is 316 g/mol. The highest BCUT2D eigenvalue weighted by Gasteiger charge is 2.32. The Morgan fingerprint density at radius 3 is 2.29 bits per heavy atom. The van der Waals surface area contributed by atoms with Gasteiger partial charge >= 0.3 is 5.97 Å². The minimum absolute atomic E-state index is 0.220. The summed E-state index contributed by atoms with van der Waals surface area (Å²) in [6, 6.07) is 4.59. The molecule has 8 heteroatoms. The van der Waals surface area contributed by atoms with E-state index in [9.17, 15) is 14.4 Å². The maximum absolute atomic E-state index is 12.1. The fourth-order valence-electron chi connectivity index (χ4n) is 1.89. The van der Waals surface area contributed by atoms with Gasteiger partial charge in [-0.25, -0.2) is 4.79 Å². The lowest BCUT2D eigenvalue weighted by atomic mass is 9.99. The van der Waals surface area contributed by atoms with Crippen LogP contribution >= 0.6 is 0 Å². The van der Waals surface area contributed by atoms with Gasteiger partial charge in [-0.15, -0.1) is 0 Å². The number of carbonyl (C=O) groups excluding carboxylic acids is 2. The number of methoxy groups -OCH3 is 2. The first-order chi connectivity index (χ1) is 11.3. The summed E-state index contributed by atoms with van der Waals surface area (Å²) in [6.07, 6.45) is 0.220. The molecule has 0 bridgehead atoms. The largest absolute Gasteiger partial charge is 0.493 e. The molecule has 0 saturated heterocycles. The smallest absolute Gasteiger partial charge is 0.329 e. The van der Waals surface area contributed by atoms with Crippen molar-refractivity contribution in [3.8, 4) is 11.5 Å². The molecule has 0 fully saturated rings. The minimum Gasteiger partial charge on any atom is -0.493 e. The summed E-state index contributed by atoms with van der Waals surface area (Å²) in [7, 11) is 2.93. The monoisotopic (exact) mass is 338 g/mol. The SMILES string of the molecule is CCC(C)(NC(=O)CNC(=O)c1ccc(OC)c(OC)c1)C(=O)O. The fraction of sp³-hybridized carbons (Fsp3) is 0.438. The molecule has 1 rings (SSSR count). The summed E-state index contributed by atoms with van der Waals surface area (Å²) in [5, 5.41) is 13.9. The Balaban J connectivity index is 2.69. The lowest BCUT2D eigenvalue weighted by molar-refractivity contribution is -0.146. The molecule has 2 amide bonds. The molecule has 0 aromatic heterocycles. The summed E-state index contributed by atoms with van der Waals surface area (Å²) < 4.78 is 10.2. The van der Waals surface area contributed by atoms with E-state index in [1.165, 1.54) is 33.3 Å². The molecule has 0 aliphatic rings. The summed E-state index contributed by atoms with van der Waals surface area (Å²) >= 11 is 0. The molecule has 0 heterocycles. The third-order valence-electron chi connectivity index (χ3n) is 3.65. The first-order valence-electron chi connectivity index (χ1n) is 7.32. The van der Waals surface area contributed by atoms with Crippen LogP contribution in [0.2, 0.25) is 0 Å². The Kier molecular flexibility index (Phi) is 6.58. The Bertz CT molecular complexity index is 631. The van der Waals surface area contributed by atoms with E-state index in [4.69, 9.17) is 14.6 Å². The standard InChI is InChI=1S/C16H22N2O6/c1-5-16(2,15(21)22)18-13(19)9-17-14(20)10-6-7-11(23-3)12(8-10)24-4/h6-8H,5,9H2,1-4H3,(H,17,20)(H,18,19)(H,21,22). The summed E-state index contributed by atoms with van der Waals surface area (Å²) in [4.78, 5) is 35.1. The van der Waals surface area contributed by atoms with Gasteiger partial charge in [-0.05, 0) is 31.5 Å². The quantitative estimate of drug-likeness (QED) is 0.646. The average Bonchev–Trinajstić information content (AvgIpc) is 2.58. The highest BCUT2D eigenvalue weighted by Crippen LogP contribution is 2.27. The molecule has 24 heavy (non-hydrogen) atoms. The molecule has 3 N–H and O–H groups in total. The lowest BCUT2D eigenvalue weighted by Crippen LogP contribution is -2.54. The summed E-state index contributed by atoms with van der Waals surface area (Å²) in [6.45, 7) is 2.72. The van der Waals surface area contributed by atoms with Gasteiger partial charge in [0, 0.05) is 5.56 Å². The van der Waals surface area contributed by atoms with Crippen molar-refractivity contribution in [2.24, 2.45) is 0 Å². The number of carbonyl (C=O) groups is 3. The molecule has 1 aromatic rings. The van der Waals surface area contributed by atoms with Crippen LogP contribution in [0.4, 0.5) is 0 Å². The van der Waals surface area contributed by atoms with E-state index in [1.807, 2.05) is 0 Å². The van der Waals surface area contributed by atoms with E-state index in [1.54, 1.807) is 13.0 Å². The van der Waals surface area contributed by atoms with Crippen molar-refractivity contribution < 1.29 is 29.0 Å². The van der Waals surface area contributed by atoms with Gasteiger partial charge in [-0.3, -0.25) is 9.59 Å². The van der Waals surface area contributed by atoms with Gasteiger partial charge in [0.2, 0.25) is 5.91 Å². The summed E-state index contributed by atoms with van der Waals surface area (Å²) in [5.74, 6) is -1.34. The van der Waals surface area contributed by atoms with Crippen molar-refractivity contribution in [3.63, 3.8) is 0 Å². The number of hydrogen-bond donors (Lipinski definition) is 3. The Morgan fingerprint density at radius 2 is 1.79 bits per heavy atom. The number of hydrogen-bond acceptors (Lipinski definition) is 5. The molecule has 0 saturated carbocycles. The molecule has 132 valence electrons. The number of nitrogens with one attached hydrogen (secondary N) is 2. The van der Waals surface area contributed by atoms with Crippen LogP contribution in [-0.4, -0.2) is 49.2 Å². The predicted octanol–water partition coefficient (Wildman–Crippen LogP) is 0.803. The van der Waals surface area contributed by atoms with Crippen LogP contribution in [0.3, 0.4) is 0 Å². The topological polar surface area (TPSA) is 114 Å². The van der Waals surface area contributed by atoms with E-state index in [0.717, 1.165) is 0 Å². The number of carboxylic acid groups (broad SMARTS) is 1. The number of ether oxygens (including phenoxy) is 2. The third-order valence-corrected chi connectivity index (χ3v) is 3.65. The molecule has 1 atom stereocenters. The highest BCUT2D eigenvalue weighted by molar-refractivity contribution is 5.97. The second kappa shape index (κ2) is 8.19. The average molecular weight is 338 g/mol. The van der Waals surface area contributed by atoms with Gasteiger partial charge in [0.05, 0.1) is 20.8 Å². The van der Waals surface area contributed by atoms with Crippen molar-refractivity contribution >= 4 is 17.8 Å². The van der Waals surface area contributed by atoms with E-state index in [0.29, 0.717) is 11.5 Å². The zero-order valence-electron chi connectivity index (χ0n) is 14.1. The molecule has 1 unspecified atom stereocenters. The number of carboxylic acids is 1. The van der Waals surface area contributed by atoms with Crippen molar-refractivity contribution in [3.05, 3.63) is 23.8 Å². The predicted molar refractivity (Wildman–Crippen MR) is 86.4 cm³/mol. The molecule has 0 aliphatic carbocycles. The van der Waals surface area contributed by atoms with Crippen molar-refractivity contribution in [1.82, 2.24) is 10.6 Å². The van der Waals surface area contributed by atoms with Crippen molar-refractivity contribution in [2.45, 2.75) is 25.8 Å². The fourth-order valence-corrected chi connectivity index (χ4v) is 1.89. The molecule has 0 radical (unpaired) electrons. The van der Waals surface area contributed by atoms with Gasteiger partial charge in [0.1, 0.15) is 5.54 Å². The number of aliphatic carboxylic acids is 1. The highest BCUT2D eigenvalue weighted by atomic mass is 16.5. The summed E-state index contributed by atoms with van der Waals surface area (Å²) in [5.41, 5.74) is -1.08. The van der Waals surface area contributed by atoms with Crippen molar-refractivity contribution in [1.29, 1.82) is 0 Å². The normalized spacial score (nSPS) is 12.7. The molecule has 1 aromatic carbocycles. The Hall–Kier alpha value is -2.77. The van der Waals surface area contributed by atoms with Crippen LogP contribution in [0, 0.1) is 0 Å². The first kappa shape index (κ1) is 19.3. The van der Waals surface area contributed by atoms with Gasteiger partial charge in [-0.2, -0.15) is 0 Å². The van der Waals surface area contributed by atoms with E-state index in [2.05, 4.69) is 10.6 Å². The molecule has 0 aliphatic heterocycles. The first-order valence-corrected chi connectivity index (χ1v) is 7.32. The van der Waals surface area contributed by atoms with Crippen LogP contribution in [-0.2, 0) is 9.59 Å². The maximum Gasteiger partial charge on any atom is 0.329 e. The number of benzene rings is 1. The maximum atomic E-state index is 12.1. The van der Waals surface area contributed by atoms with Crippen LogP contribution in [0.15, 0.2) is 18.2 Å². The molecule has 0 spiro atoms. The van der Waals surface area contributed by atoms with Crippen LogP contribution in [0.1, 0.15) is 30.6 Å². The van der Waals surface area contributed by atoms with E-state index in [-0.39, 0.29) is 18.5 Å². The van der Waals surface area contributed by atoms with E-state index < -0.39 is 23.3 Å². The second-order valence-corrected chi connectivity index (χ2v) is 5.29.